The summed E-state index contributed by atoms with van der Waals surface area (Å²) >= 11 is 0. The Labute approximate surface area is 135 Å². The highest BCUT2D eigenvalue weighted by Crippen LogP contribution is 2.22. The Bertz CT molecular complexity index is 583. The minimum absolute atomic E-state index is 0.111. The molecule has 0 saturated carbocycles. The van der Waals surface area contributed by atoms with E-state index in [1.807, 2.05) is 20.8 Å². The van der Waals surface area contributed by atoms with Crippen molar-refractivity contribution in [2.45, 2.75) is 45.7 Å². The third kappa shape index (κ3) is 4.68. The van der Waals surface area contributed by atoms with Gasteiger partial charge in [-0.05, 0) is 24.0 Å². The second-order valence-corrected chi connectivity index (χ2v) is 6.83. The molecule has 1 aromatic carbocycles. The number of ether oxygens (including phenoxy) is 1. The molecular weight excluding hydrogens is 299 g/mol. The Morgan fingerprint density at radius 2 is 2.13 bits per heavy atom. The normalized spacial score (nSPS) is 19.1. The molecule has 0 radical (unpaired) electrons. The summed E-state index contributed by atoms with van der Waals surface area (Å²) in [5.41, 5.74) is -0.274. The van der Waals surface area contributed by atoms with Crippen molar-refractivity contribution in [3.63, 3.8) is 0 Å². The van der Waals surface area contributed by atoms with Crippen molar-refractivity contribution in [3.05, 3.63) is 30.1 Å². The van der Waals surface area contributed by atoms with Crippen LogP contribution in [0, 0.1) is 11.2 Å². The predicted molar refractivity (Wildman–Crippen MR) is 84.4 cm³/mol. The van der Waals surface area contributed by atoms with Crippen molar-refractivity contribution >= 4 is 11.8 Å². The van der Waals surface area contributed by atoms with Crippen molar-refractivity contribution in [1.82, 2.24) is 10.6 Å². The van der Waals surface area contributed by atoms with E-state index in [2.05, 4.69) is 10.6 Å². The van der Waals surface area contributed by atoms with Crippen LogP contribution in [0.4, 0.5) is 4.39 Å². The zero-order valence-electron chi connectivity index (χ0n) is 13.7. The predicted octanol–water partition coefficient (Wildman–Crippen LogP) is 2.01. The van der Waals surface area contributed by atoms with Crippen molar-refractivity contribution in [2.75, 3.05) is 6.61 Å². The minimum atomic E-state index is -0.499. The minimum Gasteiger partial charge on any atom is -0.488 e. The first-order valence-corrected chi connectivity index (χ1v) is 7.74. The van der Waals surface area contributed by atoms with Gasteiger partial charge in [0.15, 0.2) is 11.6 Å². The van der Waals surface area contributed by atoms with E-state index in [0.29, 0.717) is 12.8 Å². The molecule has 1 saturated heterocycles. The molecule has 0 bridgehead atoms. The van der Waals surface area contributed by atoms with Crippen LogP contribution in [-0.4, -0.2) is 30.5 Å². The number of halogens is 1. The lowest BCUT2D eigenvalue weighted by molar-refractivity contribution is -0.127. The van der Waals surface area contributed by atoms with Crippen molar-refractivity contribution in [3.8, 4) is 5.75 Å². The number of nitrogens with one attached hydrogen (secondary N) is 2. The third-order valence-corrected chi connectivity index (χ3v) is 3.92. The largest absolute Gasteiger partial charge is 0.488 e. The maximum Gasteiger partial charge on any atom is 0.242 e. The molecule has 126 valence electrons. The fraction of sp³-hybridized carbons (Fsp3) is 0.529. The summed E-state index contributed by atoms with van der Waals surface area (Å²) in [6.07, 6.45) is 0.861. The molecule has 6 heteroatoms. The molecule has 2 N–H and O–H groups in total. The quantitative estimate of drug-likeness (QED) is 0.871. The number of para-hydroxylation sites is 1. The van der Waals surface area contributed by atoms with Gasteiger partial charge >= 0.3 is 0 Å². The van der Waals surface area contributed by atoms with Gasteiger partial charge in [0.2, 0.25) is 11.8 Å². The number of rotatable bonds is 5. The molecule has 1 fully saturated rings. The van der Waals surface area contributed by atoms with Crippen LogP contribution in [0.25, 0.3) is 0 Å². The van der Waals surface area contributed by atoms with Crippen LogP contribution < -0.4 is 15.4 Å². The third-order valence-electron chi connectivity index (χ3n) is 3.92. The summed E-state index contributed by atoms with van der Waals surface area (Å²) in [5.74, 6) is -0.618. The highest BCUT2D eigenvalue weighted by molar-refractivity contribution is 5.90. The molecule has 1 aliphatic heterocycles. The molecule has 0 spiro atoms. The van der Waals surface area contributed by atoms with Gasteiger partial charge in [0.25, 0.3) is 0 Å². The first-order valence-electron chi connectivity index (χ1n) is 7.74. The van der Waals surface area contributed by atoms with Crippen LogP contribution in [0.3, 0.4) is 0 Å². The molecule has 2 rings (SSSR count). The van der Waals surface area contributed by atoms with Gasteiger partial charge in [-0.3, -0.25) is 9.59 Å². The second-order valence-electron chi connectivity index (χ2n) is 6.83. The molecular formula is C17H23FN2O3. The summed E-state index contributed by atoms with van der Waals surface area (Å²) in [7, 11) is 0. The van der Waals surface area contributed by atoms with Crippen LogP contribution in [0.2, 0.25) is 0 Å². The van der Waals surface area contributed by atoms with Crippen LogP contribution in [0.15, 0.2) is 24.3 Å². The fourth-order valence-corrected chi connectivity index (χ4v) is 2.33. The first kappa shape index (κ1) is 17.2. The van der Waals surface area contributed by atoms with E-state index in [1.165, 1.54) is 6.07 Å². The molecule has 1 aliphatic rings. The molecule has 0 aromatic heterocycles. The molecule has 23 heavy (non-hydrogen) atoms. The molecule has 0 unspecified atom stereocenters. The van der Waals surface area contributed by atoms with Crippen molar-refractivity contribution < 1.29 is 18.7 Å². The van der Waals surface area contributed by atoms with E-state index in [0.717, 1.165) is 0 Å². The lowest BCUT2D eigenvalue weighted by Crippen LogP contribution is -2.52. The Morgan fingerprint density at radius 1 is 1.43 bits per heavy atom. The van der Waals surface area contributed by atoms with E-state index in [4.69, 9.17) is 4.74 Å². The highest BCUT2D eigenvalue weighted by Gasteiger charge is 2.32. The van der Waals surface area contributed by atoms with E-state index >= 15 is 0 Å². The average Bonchev–Trinajstić information content (AvgIpc) is 2.90. The number of amides is 2. The maximum atomic E-state index is 13.6. The number of carbonyl (C=O) groups excluding carboxylic acids is 2. The topological polar surface area (TPSA) is 67.4 Å². The van der Waals surface area contributed by atoms with Gasteiger partial charge in [0.05, 0.1) is 6.04 Å². The zero-order valence-corrected chi connectivity index (χ0v) is 13.7. The highest BCUT2D eigenvalue weighted by atomic mass is 19.1. The summed E-state index contributed by atoms with van der Waals surface area (Å²) in [6, 6.07) is 5.35. The molecule has 2 amide bonds. The lowest BCUT2D eigenvalue weighted by Gasteiger charge is -2.32. The summed E-state index contributed by atoms with van der Waals surface area (Å²) in [5, 5.41) is 5.55. The first-order chi connectivity index (χ1) is 10.8. The van der Waals surface area contributed by atoms with Gasteiger partial charge in [-0.1, -0.05) is 32.9 Å². The Hall–Kier alpha value is -2.11. The van der Waals surface area contributed by atoms with Crippen LogP contribution >= 0.6 is 0 Å². The summed E-state index contributed by atoms with van der Waals surface area (Å²) in [6.45, 7) is 6.05. The molecule has 2 atom stereocenters. The van der Waals surface area contributed by atoms with Gasteiger partial charge in [-0.15, -0.1) is 0 Å². The van der Waals surface area contributed by atoms with Crippen molar-refractivity contribution in [1.29, 1.82) is 0 Å². The molecule has 1 heterocycles. The summed E-state index contributed by atoms with van der Waals surface area (Å²) < 4.78 is 19.2. The van der Waals surface area contributed by atoms with Crippen molar-refractivity contribution in [2.24, 2.45) is 5.41 Å². The molecule has 1 aromatic rings. The van der Waals surface area contributed by atoms with Gasteiger partial charge in [0.1, 0.15) is 12.6 Å². The smallest absolute Gasteiger partial charge is 0.242 e. The van der Waals surface area contributed by atoms with Crippen LogP contribution in [0.1, 0.15) is 33.6 Å². The van der Waals surface area contributed by atoms with Gasteiger partial charge in [-0.25, -0.2) is 4.39 Å². The standard InChI is InChI=1S/C17H23FN2O3/c1-17(2,3)14(10-23-13-7-5-4-6-11(13)18)20-16(22)12-8-9-15(21)19-12/h4-7,12,14H,8-10H2,1-3H3,(H,19,21)(H,20,22)/t12-,14+/m0/s1. The van der Waals surface area contributed by atoms with E-state index in [9.17, 15) is 14.0 Å². The Kier molecular flexibility index (Phi) is 5.23. The maximum absolute atomic E-state index is 13.6. The van der Waals surface area contributed by atoms with E-state index in [-0.39, 0.29) is 35.6 Å². The van der Waals surface area contributed by atoms with E-state index < -0.39 is 11.9 Å². The van der Waals surface area contributed by atoms with Gasteiger partial charge < -0.3 is 15.4 Å². The molecule has 5 nitrogen and oxygen atoms in total. The van der Waals surface area contributed by atoms with Gasteiger partial charge in [0, 0.05) is 6.42 Å². The summed E-state index contributed by atoms with van der Waals surface area (Å²) in [4.78, 5) is 23.5. The number of benzene rings is 1. The second kappa shape index (κ2) is 6.98. The number of carbonyl (C=O) groups is 2. The monoisotopic (exact) mass is 322 g/mol. The van der Waals surface area contributed by atoms with Crippen LogP contribution in [0.5, 0.6) is 5.75 Å². The lowest BCUT2D eigenvalue weighted by atomic mass is 9.87. The zero-order chi connectivity index (χ0) is 17.0. The fourth-order valence-electron chi connectivity index (χ4n) is 2.33. The van der Waals surface area contributed by atoms with E-state index in [1.54, 1.807) is 18.2 Å². The molecule has 0 aliphatic carbocycles. The Balaban J connectivity index is 1.99. The number of hydrogen-bond acceptors (Lipinski definition) is 3. The van der Waals surface area contributed by atoms with Gasteiger partial charge in [-0.2, -0.15) is 0 Å². The number of hydrogen-bond donors (Lipinski definition) is 2. The SMILES string of the molecule is CC(C)(C)[C@@H](COc1ccccc1F)NC(=O)[C@@H]1CCC(=O)N1. The van der Waals surface area contributed by atoms with Crippen LogP contribution in [-0.2, 0) is 9.59 Å². The Morgan fingerprint density at radius 3 is 2.70 bits per heavy atom. The average molecular weight is 322 g/mol.